The number of hydrogen-bond acceptors (Lipinski definition) is 6. The Kier molecular flexibility index (Phi) is 4.92. The second-order valence-corrected chi connectivity index (χ2v) is 7.27. The fourth-order valence-corrected chi connectivity index (χ4v) is 3.41. The highest BCUT2D eigenvalue weighted by molar-refractivity contribution is 5.84. The van der Waals surface area contributed by atoms with Crippen LogP contribution < -0.4 is 5.73 Å². The molecule has 0 unspecified atom stereocenters. The van der Waals surface area contributed by atoms with E-state index in [-0.39, 0.29) is 12.6 Å². The summed E-state index contributed by atoms with van der Waals surface area (Å²) in [6.07, 6.45) is 10.0. The largest absolute Gasteiger partial charge is 0.396 e. The quantitative estimate of drug-likeness (QED) is 0.686. The Bertz CT molecular complexity index is 1040. The number of aliphatic hydroxyl groups excluding tert-OH is 1. The molecule has 0 fully saturated rings. The third kappa shape index (κ3) is 3.53. The van der Waals surface area contributed by atoms with Gasteiger partial charge in [0.1, 0.15) is 0 Å². The highest BCUT2D eigenvalue weighted by Crippen LogP contribution is 2.34. The van der Waals surface area contributed by atoms with Crippen molar-refractivity contribution in [1.29, 1.82) is 0 Å². The van der Waals surface area contributed by atoms with Crippen LogP contribution in [0.5, 0.6) is 0 Å². The Morgan fingerprint density at radius 2 is 2.04 bits per heavy atom. The maximum atomic E-state index is 9.08. The number of fused-ring (bicyclic) bond motifs is 1. The normalized spacial score (nSPS) is 13.1. The van der Waals surface area contributed by atoms with Crippen molar-refractivity contribution in [2.45, 2.75) is 39.2 Å². The Hall–Kier alpha value is -3.06. The Balaban J connectivity index is 1.69. The zero-order valence-electron chi connectivity index (χ0n) is 16.1. The fraction of sp³-hybridized carbons (Fsp3) is 0.333. The second kappa shape index (κ2) is 7.52. The van der Waals surface area contributed by atoms with Gasteiger partial charge in [-0.1, -0.05) is 6.08 Å². The third-order valence-corrected chi connectivity index (χ3v) is 4.89. The summed E-state index contributed by atoms with van der Waals surface area (Å²) >= 11 is 0. The van der Waals surface area contributed by atoms with Crippen LogP contribution in [0.2, 0.25) is 0 Å². The summed E-state index contributed by atoms with van der Waals surface area (Å²) in [5, 5.41) is 13.5. The van der Waals surface area contributed by atoms with E-state index in [0.717, 1.165) is 45.8 Å². The van der Waals surface area contributed by atoms with Crippen LogP contribution in [0.25, 0.3) is 16.7 Å². The van der Waals surface area contributed by atoms with E-state index >= 15 is 0 Å². The molecule has 0 saturated carbocycles. The molecule has 7 heteroatoms. The number of hydrogen-bond donors (Lipinski definition) is 2. The maximum absolute atomic E-state index is 9.08. The molecule has 0 amide bonds. The van der Waals surface area contributed by atoms with Gasteiger partial charge in [-0.3, -0.25) is 9.67 Å². The predicted octanol–water partition coefficient (Wildman–Crippen LogP) is 2.81. The number of rotatable bonds is 6. The predicted molar refractivity (Wildman–Crippen MR) is 108 cm³/mol. The standard InChI is InChI=1S/C21H24N6O/c1-13(2)27-12-15(11-24-27)14-8-18-17(5-6-19(18)23-10-14)20-9-16(4-3-7-28)25-21(22)26-20/h5,8-13,28H,3-4,6-7H2,1-2H3,(H2,22,25,26). The van der Waals surface area contributed by atoms with Gasteiger partial charge in [-0.25, -0.2) is 9.97 Å². The van der Waals surface area contributed by atoms with E-state index in [2.05, 4.69) is 46.0 Å². The van der Waals surface area contributed by atoms with Crippen LogP contribution in [0, 0.1) is 0 Å². The van der Waals surface area contributed by atoms with E-state index in [9.17, 15) is 0 Å². The third-order valence-electron chi connectivity index (χ3n) is 4.89. The number of nitrogens with two attached hydrogens (primary N) is 1. The maximum Gasteiger partial charge on any atom is 0.220 e. The molecular formula is C21H24N6O. The molecule has 1 aliphatic rings. The minimum Gasteiger partial charge on any atom is -0.396 e. The molecule has 3 N–H and O–H groups in total. The molecule has 0 aromatic carbocycles. The summed E-state index contributed by atoms with van der Waals surface area (Å²) in [5.74, 6) is 0.252. The van der Waals surface area contributed by atoms with Gasteiger partial charge >= 0.3 is 0 Å². The second-order valence-electron chi connectivity index (χ2n) is 7.27. The molecule has 0 atom stereocenters. The van der Waals surface area contributed by atoms with Gasteiger partial charge < -0.3 is 10.8 Å². The molecule has 7 nitrogen and oxygen atoms in total. The first-order valence-corrected chi connectivity index (χ1v) is 9.54. The van der Waals surface area contributed by atoms with Crippen molar-refractivity contribution in [2.75, 3.05) is 12.3 Å². The lowest BCUT2D eigenvalue weighted by Gasteiger charge is -2.09. The topological polar surface area (TPSA) is 103 Å². The lowest BCUT2D eigenvalue weighted by atomic mass is 10.0. The van der Waals surface area contributed by atoms with Crippen LogP contribution in [0.1, 0.15) is 49.0 Å². The van der Waals surface area contributed by atoms with Crippen LogP contribution in [0.3, 0.4) is 0 Å². The van der Waals surface area contributed by atoms with Gasteiger partial charge in [-0.15, -0.1) is 0 Å². The first kappa shape index (κ1) is 18.3. The van der Waals surface area contributed by atoms with Crippen LogP contribution in [0.4, 0.5) is 5.95 Å². The summed E-state index contributed by atoms with van der Waals surface area (Å²) in [7, 11) is 0. The Labute approximate surface area is 164 Å². The zero-order valence-corrected chi connectivity index (χ0v) is 16.1. The van der Waals surface area contributed by atoms with Gasteiger partial charge in [-0.2, -0.15) is 5.10 Å². The van der Waals surface area contributed by atoms with Gasteiger partial charge in [0.15, 0.2) is 0 Å². The molecular weight excluding hydrogens is 352 g/mol. The number of aromatic nitrogens is 5. The van der Waals surface area contributed by atoms with E-state index in [1.807, 2.05) is 29.3 Å². The van der Waals surface area contributed by atoms with Crippen LogP contribution in [-0.4, -0.2) is 36.4 Å². The van der Waals surface area contributed by atoms with E-state index in [1.165, 1.54) is 0 Å². The van der Waals surface area contributed by atoms with Gasteiger partial charge in [0.25, 0.3) is 0 Å². The van der Waals surface area contributed by atoms with Crippen molar-refractivity contribution in [1.82, 2.24) is 24.7 Å². The monoisotopic (exact) mass is 376 g/mol. The minimum atomic E-state index is 0.127. The highest BCUT2D eigenvalue weighted by Gasteiger charge is 2.20. The number of aryl methyl sites for hydroxylation is 1. The number of anilines is 1. The van der Waals surface area contributed by atoms with E-state index < -0.39 is 0 Å². The number of aliphatic hydroxyl groups is 1. The fourth-order valence-electron chi connectivity index (χ4n) is 3.41. The van der Waals surface area contributed by atoms with Crippen molar-refractivity contribution < 1.29 is 5.11 Å². The molecule has 0 radical (unpaired) electrons. The average molecular weight is 376 g/mol. The lowest BCUT2D eigenvalue weighted by Crippen LogP contribution is -2.04. The van der Waals surface area contributed by atoms with Crippen molar-refractivity contribution in [2.24, 2.45) is 0 Å². The van der Waals surface area contributed by atoms with Crippen molar-refractivity contribution in [3.05, 3.63) is 59.4 Å². The summed E-state index contributed by atoms with van der Waals surface area (Å²) in [5.41, 5.74) is 12.8. The number of pyridine rings is 1. The molecule has 1 aliphatic carbocycles. The number of allylic oxidation sites excluding steroid dienone is 1. The molecule has 3 heterocycles. The minimum absolute atomic E-state index is 0.127. The van der Waals surface area contributed by atoms with Gasteiger partial charge in [0.05, 0.1) is 17.6 Å². The van der Waals surface area contributed by atoms with Gasteiger partial charge in [-0.05, 0) is 38.8 Å². The van der Waals surface area contributed by atoms with E-state index in [4.69, 9.17) is 10.8 Å². The number of nitrogen functional groups attached to an aromatic ring is 1. The molecule has 0 spiro atoms. The molecule has 3 aromatic heterocycles. The summed E-state index contributed by atoms with van der Waals surface area (Å²) < 4.78 is 1.94. The van der Waals surface area contributed by atoms with E-state index in [1.54, 1.807) is 0 Å². The molecule has 144 valence electrons. The highest BCUT2D eigenvalue weighted by atomic mass is 16.2. The first-order chi connectivity index (χ1) is 13.5. The first-order valence-electron chi connectivity index (χ1n) is 9.54. The summed E-state index contributed by atoms with van der Waals surface area (Å²) in [6, 6.07) is 4.42. The van der Waals surface area contributed by atoms with Crippen molar-refractivity contribution in [3.63, 3.8) is 0 Å². The van der Waals surface area contributed by atoms with Crippen LogP contribution in [0.15, 0.2) is 36.8 Å². The van der Waals surface area contributed by atoms with Crippen LogP contribution >= 0.6 is 0 Å². The summed E-state index contributed by atoms with van der Waals surface area (Å²) in [4.78, 5) is 13.4. The van der Waals surface area contributed by atoms with Crippen molar-refractivity contribution in [3.8, 4) is 11.1 Å². The molecule has 4 rings (SSSR count). The molecule has 0 aliphatic heterocycles. The van der Waals surface area contributed by atoms with Crippen molar-refractivity contribution >= 4 is 11.5 Å². The Morgan fingerprint density at radius 1 is 1.18 bits per heavy atom. The van der Waals surface area contributed by atoms with Gasteiger partial charge in [0, 0.05) is 59.4 Å². The zero-order chi connectivity index (χ0) is 19.7. The van der Waals surface area contributed by atoms with E-state index in [0.29, 0.717) is 18.9 Å². The SMILES string of the molecule is CC(C)n1cc(-c2cnc3c(c2)C(c2cc(CCCO)nc(N)n2)=CC3)cn1. The average Bonchev–Trinajstić information content (AvgIpc) is 3.32. The summed E-state index contributed by atoms with van der Waals surface area (Å²) in [6.45, 7) is 4.33. The number of nitrogens with zero attached hydrogens (tertiary/aromatic N) is 5. The van der Waals surface area contributed by atoms with Crippen LogP contribution in [-0.2, 0) is 12.8 Å². The molecule has 28 heavy (non-hydrogen) atoms. The lowest BCUT2D eigenvalue weighted by molar-refractivity contribution is 0.288. The smallest absolute Gasteiger partial charge is 0.220 e. The Morgan fingerprint density at radius 3 is 2.79 bits per heavy atom. The molecule has 0 bridgehead atoms. The molecule has 0 saturated heterocycles. The van der Waals surface area contributed by atoms with Gasteiger partial charge in [0.2, 0.25) is 5.95 Å². The molecule has 3 aromatic rings.